The number of nitrogens with zero attached hydrogens (tertiary/aromatic N) is 1. The Hall–Kier alpha value is -1.56. The van der Waals surface area contributed by atoms with Crippen LogP contribution in [0.15, 0.2) is 18.2 Å². The molecule has 1 amide bonds. The topological polar surface area (TPSA) is 66.5 Å². The van der Waals surface area contributed by atoms with E-state index in [1.165, 1.54) is 4.31 Å². The minimum Gasteiger partial charge on any atom is -0.352 e. The fourth-order valence-corrected chi connectivity index (χ4v) is 4.35. The first kappa shape index (κ1) is 17.8. The van der Waals surface area contributed by atoms with Crippen molar-refractivity contribution in [3.05, 3.63) is 29.3 Å². The van der Waals surface area contributed by atoms with Gasteiger partial charge >= 0.3 is 0 Å². The van der Waals surface area contributed by atoms with Crippen molar-refractivity contribution in [3.63, 3.8) is 0 Å². The lowest BCUT2D eigenvalue weighted by molar-refractivity contribution is -0.122. The summed E-state index contributed by atoms with van der Waals surface area (Å²) < 4.78 is 25.9. The van der Waals surface area contributed by atoms with Crippen LogP contribution in [0.3, 0.4) is 0 Å². The third kappa shape index (κ3) is 4.25. The molecule has 0 saturated heterocycles. The van der Waals surface area contributed by atoms with Gasteiger partial charge in [-0.3, -0.25) is 9.10 Å². The second kappa shape index (κ2) is 6.91. The number of hydrogen-bond donors (Lipinski definition) is 1. The summed E-state index contributed by atoms with van der Waals surface area (Å²) >= 11 is 0. The lowest BCUT2D eigenvalue weighted by atomic mass is 10.1. The number of rotatable bonds is 5. The predicted molar refractivity (Wildman–Crippen MR) is 93.1 cm³/mol. The Morgan fingerprint density at radius 2 is 1.87 bits per heavy atom. The first-order valence-corrected chi connectivity index (χ1v) is 9.92. The van der Waals surface area contributed by atoms with E-state index in [1.807, 2.05) is 32.0 Å². The van der Waals surface area contributed by atoms with E-state index < -0.39 is 16.1 Å². The van der Waals surface area contributed by atoms with Gasteiger partial charge in [-0.05, 0) is 50.8 Å². The van der Waals surface area contributed by atoms with Crippen LogP contribution in [0.2, 0.25) is 0 Å². The number of hydrogen-bond acceptors (Lipinski definition) is 3. The van der Waals surface area contributed by atoms with Crippen LogP contribution >= 0.6 is 0 Å². The van der Waals surface area contributed by atoms with Gasteiger partial charge in [-0.15, -0.1) is 0 Å². The van der Waals surface area contributed by atoms with Crippen molar-refractivity contribution in [2.45, 2.75) is 58.5 Å². The molecule has 1 aliphatic rings. The Kier molecular flexibility index (Phi) is 5.34. The zero-order valence-electron chi connectivity index (χ0n) is 14.3. The van der Waals surface area contributed by atoms with E-state index in [-0.39, 0.29) is 11.9 Å². The molecule has 23 heavy (non-hydrogen) atoms. The van der Waals surface area contributed by atoms with E-state index in [1.54, 1.807) is 6.92 Å². The average molecular weight is 338 g/mol. The van der Waals surface area contributed by atoms with Gasteiger partial charge in [0.2, 0.25) is 15.9 Å². The quantitative estimate of drug-likeness (QED) is 0.897. The van der Waals surface area contributed by atoms with E-state index in [4.69, 9.17) is 0 Å². The molecular weight excluding hydrogens is 312 g/mol. The molecule has 0 aliphatic heterocycles. The van der Waals surface area contributed by atoms with Crippen molar-refractivity contribution in [2.24, 2.45) is 0 Å². The van der Waals surface area contributed by atoms with E-state index in [0.29, 0.717) is 5.69 Å². The van der Waals surface area contributed by atoms with Gasteiger partial charge < -0.3 is 5.32 Å². The van der Waals surface area contributed by atoms with Crippen LogP contribution in [-0.2, 0) is 14.8 Å². The van der Waals surface area contributed by atoms with Crippen LogP contribution in [0.25, 0.3) is 0 Å². The highest BCUT2D eigenvalue weighted by Gasteiger charge is 2.31. The summed E-state index contributed by atoms with van der Waals surface area (Å²) in [6, 6.07) is 5.03. The maximum absolute atomic E-state index is 12.5. The fourth-order valence-electron chi connectivity index (χ4n) is 3.13. The molecule has 0 aromatic heterocycles. The van der Waals surface area contributed by atoms with Gasteiger partial charge in [0.15, 0.2) is 0 Å². The third-order valence-corrected chi connectivity index (χ3v) is 5.62. The highest BCUT2D eigenvalue weighted by Crippen LogP contribution is 2.26. The minimum absolute atomic E-state index is 0.171. The van der Waals surface area contributed by atoms with Gasteiger partial charge in [-0.25, -0.2) is 8.42 Å². The van der Waals surface area contributed by atoms with Crippen molar-refractivity contribution >= 4 is 21.6 Å². The summed E-state index contributed by atoms with van der Waals surface area (Å²) in [5.74, 6) is -0.233. The van der Waals surface area contributed by atoms with E-state index in [2.05, 4.69) is 5.32 Å². The molecule has 6 heteroatoms. The van der Waals surface area contributed by atoms with Crippen LogP contribution in [0.4, 0.5) is 5.69 Å². The lowest BCUT2D eigenvalue weighted by Gasteiger charge is -2.30. The normalized spacial score (nSPS) is 17.0. The van der Waals surface area contributed by atoms with Crippen LogP contribution < -0.4 is 9.62 Å². The van der Waals surface area contributed by atoms with E-state index >= 15 is 0 Å². The number of aryl methyl sites for hydroxylation is 2. The maximum Gasteiger partial charge on any atom is 0.243 e. The van der Waals surface area contributed by atoms with E-state index in [9.17, 15) is 13.2 Å². The van der Waals surface area contributed by atoms with Crippen molar-refractivity contribution in [2.75, 3.05) is 10.6 Å². The number of carbonyl (C=O) groups is 1. The molecule has 1 N–H and O–H groups in total. The molecule has 1 fully saturated rings. The van der Waals surface area contributed by atoms with Crippen LogP contribution in [-0.4, -0.2) is 32.7 Å². The number of sulfonamides is 1. The smallest absolute Gasteiger partial charge is 0.243 e. The molecule has 1 aliphatic carbocycles. The van der Waals surface area contributed by atoms with Crippen LogP contribution in [0.5, 0.6) is 0 Å². The Balaban J connectivity index is 2.31. The van der Waals surface area contributed by atoms with Crippen molar-refractivity contribution in [3.8, 4) is 0 Å². The van der Waals surface area contributed by atoms with Crippen molar-refractivity contribution < 1.29 is 13.2 Å². The summed E-state index contributed by atoms with van der Waals surface area (Å²) in [5.41, 5.74) is 2.37. The van der Waals surface area contributed by atoms with Gasteiger partial charge in [-0.2, -0.15) is 0 Å². The zero-order valence-corrected chi connectivity index (χ0v) is 15.1. The minimum atomic E-state index is -3.56. The Bertz CT molecular complexity index is 679. The molecule has 1 aromatic rings. The number of anilines is 1. The standard InChI is InChI=1S/C17H26N2O3S/c1-12-9-10-13(2)16(11-12)19(23(4,21)22)14(3)17(20)18-15-7-5-6-8-15/h9-11,14-15H,5-8H2,1-4H3,(H,18,20). The average Bonchev–Trinajstić information content (AvgIpc) is 2.94. The monoisotopic (exact) mass is 338 g/mol. The largest absolute Gasteiger partial charge is 0.352 e. The highest BCUT2D eigenvalue weighted by molar-refractivity contribution is 7.92. The number of amides is 1. The maximum atomic E-state index is 12.5. The molecule has 128 valence electrons. The van der Waals surface area contributed by atoms with Gasteiger partial charge in [0.05, 0.1) is 11.9 Å². The first-order valence-electron chi connectivity index (χ1n) is 8.07. The third-order valence-electron chi connectivity index (χ3n) is 4.39. The molecule has 1 atom stereocenters. The van der Waals surface area contributed by atoms with Crippen LogP contribution in [0, 0.1) is 13.8 Å². The Morgan fingerprint density at radius 1 is 1.26 bits per heavy atom. The molecule has 0 heterocycles. The SMILES string of the molecule is Cc1ccc(C)c(N(C(C)C(=O)NC2CCCC2)S(C)(=O)=O)c1. The van der Waals surface area contributed by atoms with Gasteiger partial charge in [0.25, 0.3) is 0 Å². The molecule has 1 saturated carbocycles. The summed E-state index contributed by atoms with van der Waals surface area (Å²) in [6.45, 7) is 5.41. The zero-order chi connectivity index (χ0) is 17.2. The van der Waals surface area contributed by atoms with Crippen molar-refractivity contribution in [1.29, 1.82) is 0 Å². The molecule has 1 aromatic carbocycles. The second-order valence-electron chi connectivity index (χ2n) is 6.51. The Labute approximate surface area is 139 Å². The second-order valence-corrected chi connectivity index (χ2v) is 8.37. The number of benzene rings is 1. The van der Waals surface area contributed by atoms with Gasteiger partial charge in [0, 0.05) is 6.04 Å². The molecule has 0 spiro atoms. The summed E-state index contributed by atoms with van der Waals surface area (Å²) in [6.07, 6.45) is 5.33. The lowest BCUT2D eigenvalue weighted by Crippen LogP contribution is -2.50. The van der Waals surface area contributed by atoms with E-state index in [0.717, 1.165) is 43.1 Å². The van der Waals surface area contributed by atoms with Crippen LogP contribution in [0.1, 0.15) is 43.7 Å². The fraction of sp³-hybridized carbons (Fsp3) is 0.588. The Morgan fingerprint density at radius 3 is 2.43 bits per heavy atom. The highest BCUT2D eigenvalue weighted by atomic mass is 32.2. The van der Waals surface area contributed by atoms with Gasteiger partial charge in [-0.1, -0.05) is 25.0 Å². The molecule has 0 bridgehead atoms. The molecule has 5 nitrogen and oxygen atoms in total. The molecule has 1 unspecified atom stereocenters. The molecular formula is C17H26N2O3S. The molecule has 2 rings (SSSR count). The number of nitrogens with one attached hydrogen (secondary N) is 1. The van der Waals surface area contributed by atoms with Gasteiger partial charge in [0.1, 0.15) is 6.04 Å². The summed E-state index contributed by atoms with van der Waals surface area (Å²) in [5, 5.41) is 2.99. The molecule has 0 radical (unpaired) electrons. The van der Waals surface area contributed by atoms with Crippen molar-refractivity contribution in [1.82, 2.24) is 5.32 Å². The summed E-state index contributed by atoms with van der Waals surface area (Å²) in [4.78, 5) is 12.5. The summed E-state index contributed by atoms with van der Waals surface area (Å²) in [7, 11) is -3.56. The number of carbonyl (C=O) groups excluding carboxylic acids is 1. The first-order chi connectivity index (χ1) is 10.7. The predicted octanol–water partition coefficient (Wildman–Crippen LogP) is 2.52.